The highest BCUT2D eigenvalue weighted by molar-refractivity contribution is 6.03. The SMILES string of the molecule is Cc1cc(C(=O)Nc2ccc(OC(C)C)cc2)nc(N2CCCC2)n1. The summed E-state index contributed by atoms with van der Waals surface area (Å²) >= 11 is 0. The minimum atomic E-state index is -0.233. The summed E-state index contributed by atoms with van der Waals surface area (Å²) in [5.74, 6) is 1.19. The number of amides is 1. The maximum atomic E-state index is 12.5. The van der Waals surface area contributed by atoms with Gasteiger partial charge in [0.25, 0.3) is 5.91 Å². The van der Waals surface area contributed by atoms with Gasteiger partial charge in [-0.15, -0.1) is 0 Å². The first-order valence-electron chi connectivity index (χ1n) is 8.70. The Bertz CT molecular complexity index is 738. The number of nitrogens with zero attached hydrogens (tertiary/aromatic N) is 3. The highest BCUT2D eigenvalue weighted by Gasteiger charge is 2.18. The third kappa shape index (κ3) is 4.47. The number of hydrogen-bond donors (Lipinski definition) is 1. The van der Waals surface area contributed by atoms with E-state index in [0.717, 1.165) is 37.4 Å². The molecule has 1 aliphatic heterocycles. The molecule has 1 aromatic heterocycles. The summed E-state index contributed by atoms with van der Waals surface area (Å²) in [5.41, 5.74) is 1.89. The van der Waals surface area contributed by atoms with E-state index in [1.165, 1.54) is 0 Å². The molecule has 0 unspecified atom stereocenters. The monoisotopic (exact) mass is 340 g/mol. The van der Waals surface area contributed by atoms with Crippen LogP contribution in [0.5, 0.6) is 5.75 Å². The summed E-state index contributed by atoms with van der Waals surface area (Å²) in [6, 6.07) is 9.05. The van der Waals surface area contributed by atoms with E-state index in [1.54, 1.807) is 6.07 Å². The van der Waals surface area contributed by atoms with E-state index < -0.39 is 0 Å². The van der Waals surface area contributed by atoms with Crippen molar-refractivity contribution < 1.29 is 9.53 Å². The maximum absolute atomic E-state index is 12.5. The molecular formula is C19H24N4O2. The number of rotatable bonds is 5. The third-order valence-electron chi connectivity index (χ3n) is 3.95. The standard InChI is InChI=1S/C19H24N4O2/c1-13(2)25-16-8-6-15(7-9-16)21-18(24)17-12-14(3)20-19(22-17)23-10-4-5-11-23/h6-9,12-13H,4-5,10-11H2,1-3H3,(H,21,24). The molecule has 2 heterocycles. The topological polar surface area (TPSA) is 67.3 Å². The van der Waals surface area contributed by atoms with Crippen LogP contribution in [0, 0.1) is 6.92 Å². The molecule has 1 N–H and O–H groups in total. The second kappa shape index (κ2) is 7.51. The summed E-state index contributed by atoms with van der Waals surface area (Å²) in [5, 5.41) is 2.88. The van der Waals surface area contributed by atoms with Crippen molar-refractivity contribution in [2.45, 2.75) is 39.7 Å². The molecule has 6 heteroatoms. The lowest BCUT2D eigenvalue weighted by Crippen LogP contribution is -2.23. The van der Waals surface area contributed by atoms with Crippen LogP contribution in [-0.4, -0.2) is 35.1 Å². The van der Waals surface area contributed by atoms with Crippen molar-refractivity contribution in [3.05, 3.63) is 41.7 Å². The molecule has 2 aromatic rings. The number of aryl methyl sites for hydroxylation is 1. The van der Waals surface area contributed by atoms with Gasteiger partial charge in [-0.25, -0.2) is 9.97 Å². The van der Waals surface area contributed by atoms with Gasteiger partial charge in [-0.05, 0) is 63.9 Å². The molecule has 0 aliphatic carbocycles. The van der Waals surface area contributed by atoms with Gasteiger partial charge in [0, 0.05) is 24.5 Å². The Morgan fingerprint density at radius 2 is 1.84 bits per heavy atom. The number of hydrogen-bond acceptors (Lipinski definition) is 5. The first-order chi connectivity index (χ1) is 12.0. The minimum absolute atomic E-state index is 0.119. The fourth-order valence-electron chi connectivity index (χ4n) is 2.81. The van der Waals surface area contributed by atoms with E-state index >= 15 is 0 Å². The summed E-state index contributed by atoms with van der Waals surface area (Å²) in [7, 11) is 0. The van der Waals surface area contributed by atoms with Crippen LogP contribution in [0.2, 0.25) is 0 Å². The fourth-order valence-corrected chi connectivity index (χ4v) is 2.81. The van der Waals surface area contributed by atoms with Gasteiger partial charge >= 0.3 is 0 Å². The van der Waals surface area contributed by atoms with Crippen LogP contribution in [0.4, 0.5) is 11.6 Å². The number of benzene rings is 1. The van der Waals surface area contributed by atoms with Crippen molar-refractivity contribution in [1.82, 2.24) is 9.97 Å². The first kappa shape index (κ1) is 17.2. The molecule has 0 spiro atoms. The van der Waals surface area contributed by atoms with Crippen molar-refractivity contribution in [2.24, 2.45) is 0 Å². The lowest BCUT2D eigenvalue weighted by molar-refractivity contribution is 0.102. The average molecular weight is 340 g/mol. The molecule has 3 rings (SSSR count). The van der Waals surface area contributed by atoms with Gasteiger partial charge in [0.05, 0.1) is 6.10 Å². The zero-order valence-electron chi connectivity index (χ0n) is 15.0. The van der Waals surface area contributed by atoms with Crippen LogP contribution in [0.3, 0.4) is 0 Å². The number of nitrogens with one attached hydrogen (secondary N) is 1. The Hall–Kier alpha value is -2.63. The summed E-state index contributed by atoms with van der Waals surface area (Å²) in [4.78, 5) is 23.6. The van der Waals surface area contributed by atoms with E-state index in [9.17, 15) is 4.79 Å². The Balaban J connectivity index is 1.72. The van der Waals surface area contributed by atoms with Crippen LogP contribution in [0.25, 0.3) is 0 Å². The number of carbonyl (C=O) groups is 1. The van der Waals surface area contributed by atoms with Gasteiger partial charge in [0.2, 0.25) is 5.95 Å². The van der Waals surface area contributed by atoms with E-state index in [4.69, 9.17) is 4.74 Å². The van der Waals surface area contributed by atoms with Crippen molar-refractivity contribution in [1.29, 1.82) is 0 Å². The molecule has 0 radical (unpaired) electrons. The summed E-state index contributed by atoms with van der Waals surface area (Å²) < 4.78 is 5.61. The predicted molar refractivity (Wildman–Crippen MR) is 98.4 cm³/mol. The van der Waals surface area contributed by atoms with Crippen molar-refractivity contribution in [3.8, 4) is 5.75 Å². The van der Waals surface area contributed by atoms with E-state index in [0.29, 0.717) is 17.3 Å². The van der Waals surface area contributed by atoms with E-state index in [-0.39, 0.29) is 12.0 Å². The predicted octanol–water partition coefficient (Wildman–Crippen LogP) is 3.42. The van der Waals surface area contributed by atoms with Crippen LogP contribution in [0.15, 0.2) is 30.3 Å². The van der Waals surface area contributed by atoms with Gasteiger partial charge in [-0.3, -0.25) is 4.79 Å². The normalized spacial score (nSPS) is 14.0. The molecule has 0 saturated carbocycles. The molecule has 6 nitrogen and oxygen atoms in total. The smallest absolute Gasteiger partial charge is 0.274 e. The van der Waals surface area contributed by atoms with Crippen LogP contribution >= 0.6 is 0 Å². The highest BCUT2D eigenvalue weighted by atomic mass is 16.5. The Morgan fingerprint density at radius 1 is 1.16 bits per heavy atom. The van der Waals surface area contributed by atoms with Crippen molar-refractivity contribution in [2.75, 3.05) is 23.3 Å². The highest BCUT2D eigenvalue weighted by Crippen LogP contribution is 2.19. The molecule has 25 heavy (non-hydrogen) atoms. The number of aromatic nitrogens is 2. The maximum Gasteiger partial charge on any atom is 0.274 e. The Labute approximate surface area is 148 Å². The number of anilines is 2. The zero-order valence-corrected chi connectivity index (χ0v) is 15.0. The average Bonchev–Trinajstić information content (AvgIpc) is 3.10. The zero-order chi connectivity index (χ0) is 17.8. The molecule has 0 atom stereocenters. The van der Waals surface area contributed by atoms with Crippen LogP contribution in [-0.2, 0) is 0 Å². The lowest BCUT2D eigenvalue weighted by Gasteiger charge is -2.16. The van der Waals surface area contributed by atoms with E-state index in [1.807, 2.05) is 45.0 Å². The van der Waals surface area contributed by atoms with Gasteiger partial charge in [0.15, 0.2) is 0 Å². The van der Waals surface area contributed by atoms with Crippen molar-refractivity contribution >= 4 is 17.5 Å². The molecule has 1 fully saturated rings. The van der Waals surface area contributed by atoms with Gasteiger partial charge in [0.1, 0.15) is 11.4 Å². The molecule has 0 bridgehead atoms. The lowest BCUT2D eigenvalue weighted by atomic mass is 10.2. The van der Waals surface area contributed by atoms with Gasteiger partial charge in [-0.1, -0.05) is 0 Å². The van der Waals surface area contributed by atoms with Gasteiger partial charge < -0.3 is 15.0 Å². The number of ether oxygens (including phenoxy) is 1. The van der Waals surface area contributed by atoms with Gasteiger partial charge in [-0.2, -0.15) is 0 Å². The molecule has 1 aromatic carbocycles. The van der Waals surface area contributed by atoms with Crippen LogP contribution < -0.4 is 15.0 Å². The Kier molecular flexibility index (Phi) is 5.16. The Morgan fingerprint density at radius 3 is 2.48 bits per heavy atom. The fraction of sp³-hybridized carbons (Fsp3) is 0.421. The summed E-state index contributed by atoms with van der Waals surface area (Å²) in [6.07, 6.45) is 2.40. The second-order valence-electron chi connectivity index (χ2n) is 6.53. The molecular weight excluding hydrogens is 316 g/mol. The quantitative estimate of drug-likeness (QED) is 0.903. The molecule has 1 saturated heterocycles. The second-order valence-corrected chi connectivity index (χ2v) is 6.53. The number of carbonyl (C=O) groups excluding carboxylic acids is 1. The first-order valence-corrected chi connectivity index (χ1v) is 8.70. The minimum Gasteiger partial charge on any atom is -0.491 e. The third-order valence-corrected chi connectivity index (χ3v) is 3.95. The van der Waals surface area contributed by atoms with Crippen molar-refractivity contribution in [3.63, 3.8) is 0 Å². The summed E-state index contributed by atoms with van der Waals surface area (Å²) in [6.45, 7) is 7.73. The molecule has 1 aliphatic rings. The molecule has 1 amide bonds. The molecule has 132 valence electrons. The van der Waals surface area contributed by atoms with Crippen LogP contribution in [0.1, 0.15) is 42.9 Å². The largest absolute Gasteiger partial charge is 0.491 e. The van der Waals surface area contributed by atoms with E-state index in [2.05, 4.69) is 20.2 Å².